The predicted octanol–water partition coefficient (Wildman–Crippen LogP) is 1.11. The lowest BCUT2D eigenvalue weighted by atomic mass is 9.89. The Labute approximate surface area is 118 Å². The summed E-state index contributed by atoms with van der Waals surface area (Å²) in [5.74, 6) is 0.413. The van der Waals surface area contributed by atoms with E-state index in [1.165, 1.54) is 0 Å². The molecule has 3 unspecified atom stereocenters. The second kappa shape index (κ2) is 5.42. The molecule has 0 aromatic heterocycles. The normalized spacial score (nSPS) is 30.4. The number of carboxylic acids is 1. The van der Waals surface area contributed by atoms with Gasteiger partial charge in [-0.25, -0.2) is 0 Å². The Morgan fingerprint density at radius 2 is 2.25 bits per heavy atom. The maximum Gasteiger partial charge on any atom is 0.322 e. The maximum atomic E-state index is 11.5. The van der Waals surface area contributed by atoms with Gasteiger partial charge < -0.3 is 15.2 Å². The van der Waals surface area contributed by atoms with E-state index in [9.17, 15) is 9.90 Å². The van der Waals surface area contributed by atoms with Crippen LogP contribution < -0.4 is 10.1 Å². The predicted molar refractivity (Wildman–Crippen MR) is 74.8 cm³/mol. The molecule has 1 saturated heterocycles. The lowest BCUT2D eigenvalue weighted by Crippen LogP contribution is -2.57. The lowest BCUT2D eigenvalue weighted by molar-refractivity contribution is -0.146. The molecule has 2 N–H and O–H groups in total. The maximum absolute atomic E-state index is 11.5. The van der Waals surface area contributed by atoms with Crippen molar-refractivity contribution in [2.45, 2.75) is 19.0 Å². The number of fused-ring (bicyclic) bond motifs is 1. The van der Waals surface area contributed by atoms with Crippen molar-refractivity contribution in [3.05, 3.63) is 29.8 Å². The van der Waals surface area contributed by atoms with Crippen LogP contribution in [0.15, 0.2) is 24.3 Å². The highest BCUT2D eigenvalue weighted by atomic mass is 16.5. The summed E-state index contributed by atoms with van der Waals surface area (Å²) in [4.78, 5) is 13.6. The molecule has 0 bridgehead atoms. The van der Waals surface area contributed by atoms with Crippen LogP contribution >= 0.6 is 0 Å². The van der Waals surface area contributed by atoms with E-state index in [2.05, 4.69) is 23.2 Å². The van der Waals surface area contributed by atoms with Gasteiger partial charge in [0.25, 0.3) is 0 Å². The van der Waals surface area contributed by atoms with Crippen molar-refractivity contribution in [1.29, 1.82) is 0 Å². The molecule has 0 saturated carbocycles. The third-order valence-corrected chi connectivity index (χ3v) is 4.21. The fourth-order valence-electron chi connectivity index (χ4n) is 3.26. The van der Waals surface area contributed by atoms with Crippen LogP contribution in [0.1, 0.15) is 18.5 Å². The number of hydrogen-bond acceptors (Lipinski definition) is 4. The number of piperazine rings is 1. The molecule has 3 rings (SSSR count). The number of ether oxygens (including phenoxy) is 1. The first-order valence-electron chi connectivity index (χ1n) is 7.09. The SMILES string of the molecule is CC1COc2ccccc2C1N1CCNCC1C(=O)O. The summed E-state index contributed by atoms with van der Waals surface area (Å²) >= 11 is 0. The smallest absolute Gasteiger partial charge is 0.322 e. The van der Waals surface area contributed by atoms with Gasteiger partial charge >= 0.3 is 5.97 Å². The van der Waals surface area contributed by atoms with Crippen LogP contribution in [0.25, 0.3) is 0 Å². The third kappa shape index (κ3) is 2.27. The van der Waals surface area contributed by atoms with Gasteiger partial charge in [0.1, 0.15) is 11.8 Å². The van der Waals surface area contributed by atoms with Crippen molar-refractivity contribution in [1.82, 2.24) is 10.2 Å². The molecule has 3 atom stereocenters. The van der Waals surface area contributed by atoms with Gasteiger partial charge in [0.15, 0.2) is 0 Å². The molecule has 108 valence electrons. The van der Waals surface area contributed by atoms with Crippen LogP contribution in [-0.2, 0) is 4.79 Å². The van der Waals surface area contributed by atoms with Crippen molar-refractivity contribution in [3.63, 3.8) is 0 Å². The van der Waals surface area contributed by atoms with Gasteiger partial charge in [-0.1, -0.05) is 25.1 Å². The van der Waals surface area contributed by atoms with Gasteiger partial charge in [-0.05, 0) is 6.07 Å². The monoisotopic (exact) mass is 276 g/mol. The zero-order valence-electron chi connectivity index (χ0n) is 11.6. The number of nitrogens with zero attached hydrogens (tertiary/aromatic N) is 1. The molecule has 20 heavy (non-hydrogen) atoms. The molecule has 0 spiro atoms. The van der Waals surface area contributed by atoms with E-state index < -0.39 is 12.0 Å². The van der Waals surface area contributed by atoms with Gasteiger partial charge in [0, 0.05) is 37.2 Å². The molecule has 1 aromatic rings. The van der Waals surface area contributed by atoms with Crippen LogP contribution in [0.4, 0.5) is 0 Å². The minimum Gasteiger partial charge on any atom is -0.493 e. The number of aliphatic carboxylic acids is 1. The minimum atomic E-state index is -0.756. The number of carbonyl (C=O) groups is 1. The van der Waals surface area contributed by atoms with E-state index in [-0.39, 0.29) is 12.0 Å². The first kappa shape index (κ1) is 13.4. The van der Waals surface area contributed by atoms with Crippen LogP contribution in [0.2, 0.25) is 0 Å². The summed E-state index contributed by atoms with van der Waals surface area (Å²) in [5, 5.41) is 12.6. The van der Waals surface area contributed by atoms with Crippen molar-refractivity contribution >= 4 is 5.97 Å². The molecular formula is C15H20N2O3. The molecule has 0 radical (unpaired) electrons. The minimum absolute atomic E-state index is 0.114. The molecule has 1 aromatic carbocycles. The first-order chi connectivity index (χ1) is 9.68. The Morgan fingerprint density at radius 3 is 3.05 bits per heavy atom. The number of para-hydroxylation sites is 1. The Balaban J connectivity index is 1.96. The topological polar surface area (TPSA) is 61.8 Å². The molecule has 5 nitrogen and oxygen atoms in total. The van der Waals surface area contributed by atoms with Crippen LogP contribution in [0, 0.1) is 5.92 Å². The third-order valence-electron chi connectivity index (χ3n) is 4.21. The number of nitrogens with one attached hydrogen (secondary N) is 1. The summed E-state index contributed by atoms with van der Waals surface area (Å²) in [7, 11) is 0. The van der Waals surface area contributed by atoms with E-state index in [1.807, 2.05) is 18.2 Å². The molecule has 0 aliphatic carbocycles. The molecule has 1 fully saturated rings. The van der Waals surface area contributed by atoms with Crippen molar-refractivity contribution < 1.29 is 14.6 Å². The zero-order chi connectivity index (χ0) is 14.1. The summed E-state index contributed by atoms with van der Waals surface area (Å²) in [6.07, 6.45) is 0. The summed E-state index contributed by atoms with van der Waals surface area (Å²) < 4.78 is 5.76. The van der Waals surface area contributed by atoms with Gasteiger partial charge in [0.05, 0.1) is 6.61 Å². The fraction of sp³-hybridized carbons (Fsp3) is 0.533. The Hall–Kier alpha value is -1.59. The fourth-order valence-corrected chi connectivity index (χ4v) is 3.26. The number of carboxylic acid groups (broad SMARTS) is 1. The molecule has 2 aliphatic heterocycles. The van der Waals surface area contributed by atoms with Gasteiger partial charge in [-0.15, -0.1) is 0 Å². The quantitative estimate of drug-likeness (QED) is 0.847. The van der Waals surface area contributed by atoms with E-state index in [0.717, 1.165) is 24.4 Å². The van der Waals surface area contributed by atoms with Crippen LogP contribution in [0.3, 0.4) is 0 Å². The number of hydrogen-bond donors (Lipinski definition) is 2. The number of benzene rings is 1. The molecule has 0 amide bonds. The highest BCUT2D eigenvalue weighted by Gasteiger charge is 2.39. The highest BCUT2D eigenvalue weighted by molar-refractivity contribution is 5.74. The largest absolute Gasteiger partial charge is 0.493 e. The second-order valence-electron chi connectivity index (χ2n) is 5.57. The Bertz CT molecular complexity index is 506. The van der Waals surface area contributed by atoms with Crippen molar-refractivity contribution in [2.75, 3.05) is 26.2 Å². The standard InChI is InChI=1S/C15H20N2O3/c1-10-9-20-13-5-3-2-4-11(13)14(10)17-7-6-16-8-12(17)15(18)19/h2-5,10,12,14,16H,6-9H2,1H3,(H,18,19). The van der Waals surface area contributed by atoms with Crippen LogP contribution in [-0.4, -0.2) is 48.3 Å². The first-order valence-corrected chi connectivity index (χ1v) is 7.09. The van der Waals surface area contributed by atoms with Gasteiger partial charge in [-0.3, -0.25) is 9.69 Å². The second-order valence-corrected chi connectivity index (χ2v) is 5.57. The Morgan fingerprint density at radius 1 is 1.45 bits per heavy atom. The zero-order valence-corrected chi connectivity index (χ0v) is 11.6. The summed E-state index contributed by atoms with van der Waals surface area (Å²) in [6.45, 7) is 4.84. The Kier molecular flexibility index (Phi) is 3.63. The molecule has 5 heteroatoms. The summed E-state index contributed by atoms with van der Waals surface area (Å²) in [6, 6.07) is 7.61. The number of rotatable bonds is 2. The van der Waals surface area contributed by atoms with E-state index in [4.69, 9.17) is 4.74 Å². The van der Waals surface area contributed by atoms with Crippen LogP contribution in [0.5, 0.6) is 5.75 Å². The molecular weight excluding hydrogens is 256 g/mol. The highest BCUT2D eigenvalue weighted by Crippen LogP contribution is 2.40. The van der Waals surface area contributed by atoms with Crippen molar-refractivity contribution in [2.24, 2.45) is 5.92 Å². The van der Waals surface area contributed by atoms with Gasteiger partial charge in [0.2, 0.25) is 0 Å². The van der Waals surface area contributed by atoms with E-state index in [1.54, 1.807) is 0 Å². The lowest BCUT2D eigenvalue weighted by Gasteiger charge is -2.44. The molecule has 2 heterocycles. The van der Waals surface area contributed by atoms with E-state index >= 15 is 0 Å². The average Bonchev–Trinajstić information content (AvgIpc) is 2.47. The van der Waals surface area contributed by atoms with E-state index in [0.29, 0.717) is 13.2 Å². The van der Waals surface area contributed by atoms with Gasteiger partial charge in [-0.2, -0.15) is 0 Å². The molecule has 2 aliphatic rings. The average molecular weight is 276 g/mol. The van der Waals surface area contributed by atoms with Crippen molar-refractivity contribution in [3.8, 4) is 5.75 Å². The summed E-state index contributed by atoms with van der Waals surface area (Å²) in [5.41, 5.74) is 1.11.